The monoisotopic (exact) mass is 310 g/mol. The van der Waals surface area contributed by atoms with E-state index in [1.807, 2.05) is 0 Å². The number of hydrogen-bond donors (Lipinski definition) is 2. The van der Waals surface area contributed by atoms with E-state index in [-0.39, 0.29) is 17.9 Å². The first-order valence-corrected chi connectivity index (χ1v) is 7.50. The van der Waals surface area contributed by atoms with Gasteiger partial charge in [0.1, 0.15) is 9.84 Å². The van der Waals surface area contributed by atoms with Gasteiger partial charge in [-0.3, -0.25) is 4.79 Å². The van der Waals surface area contributed by atoms with Crippen LogP contribution < -0.4 is 11.1 Å². The van der Waals surface area contributed by atoms with Crippen molar-refractivity contribution in [3.05, 3.63) is 29.3 Å². The highest BCUT2D eigenvalue weighted by Gasteiger charge is 2.34. The van der Waals surface area contributed by atoms with Crippen LogP contribution in [-0.4, -0.2) is 32.9 Å². The molecule has 0 atom stereocenters. The van der Waals surface area contributed by atoms with Crippen LogP contribution in [0.4, 0.5) is 18.9 Å². The summed E-state index contributed by atoms with van der Waals surface area (Å²) >= 11 is 0. The SMILES string of the molecule is CS(=O)(=O)CCNC(=O)c1cccc(C(F)(F)F)c1N. The van der Waals surface area contributed by atoms with E-state index in [4.69, 9.17) is 5.73 Å². The number of alkyl halides is 3. The van der Waals surface area contributed by atoms with Crippen molar-refractivity contribution in [2.24, 2.45) is 0 Å². The van der Waals surface area contributed by atoms with Crippen LogP contribution in [0.25, 0.3) is 0 Å². The lowest BCUT2D eigenvalue weighted by atomic mass is 10.1. The van der Waals surface area contributed by atoms with Gasteiger partial charge in [0.2, 0.25) is 0 Å². The molecule has 0 unspecified atom stereocenters. The van der Waals surface area contributed by atoms with E-state index >= 15 is 0 Å². The van der Waals surface area contributed by atoms with E-state index < -0.39 is 33.2 Å². The molecule has 3 N–H and O–H groups in total. The van der Waals surface area contributed by atoms with E-state index in [0.717, 1.165) is 24.5 Å². The summed E-state index contributed by atoms with van der Waals surface area (Å²) in [6.45, 7) is -0.201. The van der Waals surface area contributed by atoms with Crippen molar-refractivity contribution in [1.29, 1.82) is 0 Å². The normalized spacial score (nSPS) is 12.2. The molecule has 112 valence electrons. The fourth-order valence-electron chi connectivity index (χ4n) is 1.46. The number of nitrogens with two attached hydrogens (primary N) is 1. The second-order valence-corrected chi connectivity index (χ2v) is 6.41. The van der Waals surface area contributed by atoms with Gasteiger partial charge >= 0.3 is 6.18 Å². The number of anilines is 1. The van der Waals surface area contributed by atoms with Gasteiger partial charge in [-0.2, -0.15) is 13.2 Å². The Labute approximate surface area is 113 Å². The minimum atomic E-state index is -4.66. The molecule has 1 aromatic rings. The van der Waals surface area contributed by atoms with Gasteiger partial charge in [-0.1, -0.05) is 6.07 Å². The van der Waals surface area contributed by atoms with Crippen LogP contribution in [0, 0.1) is 0 Å². The average molecular weight is 310 g/mol. The van der Waals surface area contributed by atoms with Crippen molar-refractivity contribution >= 4 is 21.4 Å². The smallest absolute Gasteiger partial charge is 0.398 e. The van der Waals surface area contributed by atoms with Crippen molar-refractivity contribution in [3.8, 4) is 0 Å². The predicted molar refractivity (Wildman–Crippen MR) is 67.9 cm³/mol. The summed E-state index contributed by atoms with van der Waals surface area (Å²) in [5.41, 5.74) is 3.20. The predicted octanol–water partition coefficient (Wildman–Crippen LogP) is 1.06. The molecule has 0 saturated heterocycles. The Morgan fingerprint density at radius 3 is 2.45 bits per heavy atom. The molecular weight excluding hydrogens is 297 g/mol. The van der Waals surface area contributed by atoms with Crippen LogP contribution in [0.3, 0.4) is 0 Å². The highest BCUT2D eigenvalue weighted by atomic mass is 32.2. The number of nitrogen functional groups attached to an aromatic ring is 1. The van der Waals surface area contributed by atoms with Gasteiger partial charge in [-0.15, -0.1) is 0 Å². The Morgan fingerprint density at radius 2 is 1.95 bits per heavy atom. The zero-order valence-corrected chi connectivity index (χ0v) is 11.3. The number of hydrogen-bond acceptors (Lipinski definition) is 4. The maximum atomic E-state index is 12.6. The van der Waals surface area contributed by atoms with Crippen molar-refractivity contribution in [3.63, 3.8) is 0 Å². The number of nitrogens with one attached hydrogen (secondary N) is 1. The number of rotatable bonds is 4. The van der Waals surface area contributed by atoms with Gasteiger partial charge in [0.05, 0.1) is 22.6 Å². The van der Waals surface area contributed by atoms with Gasteiger partial charge in [-0.25, -0.2) is 8.42 Å². The number of carbonyl (C=O) groups is 1. The third kappa shape index (κ3) is 4.41. The molecule has 0 fully saturated rings. The van der Waals surface area contributed by atoms with E-state index in [9.17, 15) is 26.4 Å². The van der Waals surface area contributed by atoms with Gasteiger partial charge in [0.25, 0.3) is 5.91 Å². The topological polar surface area (TPSA) is 89.3 Å². The molecule has 0 aromatic heterocycles. The molecular formula is C11H13F3N2O3S. The molecule has 0 radical (unpaired) electrons. The molecule has 20 heavy (non-hydrogen) atoms. The lowest BCUT2D eigenvalue weighted by Crippen LogP contribution is -2.29. The molecule has 1 aromatic carbocycles. The minimum Gasteiger partial charge on any atom is -0.398 e. The number of halogens is 3. The molecule has 0 aliphatic carbocycles. The molecule has 9 heteroatoms. The second-order valence-electron chi connectivity index (χ2n) is 4.15. The average Bonchev–Trinajstić information content (AvgIpc) is 2.25. The molecule has 5 nitrogen and oxygen atoms in total. The van der Waals surface area contributed by atoms with Crippen LogP contribution in [0.2, 0.25) is 0 Å². The molecule has 0 saturated carbocycles. The van der Waals surface area contributed by atoms with Crippen LogP contribution in [0.1, 0.15) is 15.9 Å². The van der Waals surface area contributed by atoms with Gasteiger partial charge in [0, 0.05) is 12.8 Å². The maximum Gasteiger partial charge on any atom is 0.418 e. The third-order valence-electron chi connectivity index (χ3n) is 2.41. The van der Waals surface area contributed by atoms with Crippen molar-refractivity contribution in [2.75, 3.05) is 24.3 Å². The highest BCUT2D eigenvalue weighted by Crippen LogP contribution is 2.34. The summed E-state index contributed by atoms with van der Waals surface area (Å²) in [5, 5.41) is 2.21. The van der Waals surface area contributed by atoms with Gasteiger partial charge in [0.15, 0.2) is 0 Å². The van der Waals surface area contributed by atoms with Crippen LogP contribution in [0.15, 0.2) is 18.2 Å². The standard InChI is InChI=1S/C11H13F3N2O3S/c1-20(18,19)6-5-16-10(17)7-3-2-4-8(9(7)15)11(12,13)14/h2-4H,5-6,15H2,1H3,(H,16,17). The highest BCUT2D eigenvalue weighted by molar-refractivity contribution is 7.90. The second kappa shape index (κ2) is 5.70. The Bertz CT molecular complexity index is 612. The first kappa shape index (κ1) is 16.3. The fourth-order valence-corrected chi connectivity index (χ4v) is 1.93. The zero-order valence-electron chi connectivity index (χ0n) is 10.5. The van der Waals surface area contributed by atoms with Crippen molar-refractivity contribution in [1.82, 2.24) is 5.32 Å². The third-order valence-corrected chi connectivity index (χ3v) is 3.36. The van der Waals surface area contributed by atoms with Crippen molar-refractivity contribution < 1.29 is 26.4 Å². The van der Waals surface area contributed by atoms with Gasteiger partial charge < -0.3 is 11.1 Å². The summed E-state index contributed by atoms with van der Waals surface area (Å²) in [7, 11) is -3.27. The summed E-state index contributed by atoms with van der Waals surface area (Å²) < 4.78 is 59.6. The molecule has 1 amide bonds. The molecule has 1 rings (SSSR count). The minimum absolute atomic E-state index is 0.201. The lowest BCUT2D eigenvalue weighted by molar-refractivity contribution is -0.136. The fraction of sp³-hybridized carbons (Fsp3) is 0.364. The van der Waals surface area contributed by atoms with E-state index in [1.54, 1.807) is 0 Å². The number of sulfone groups is 1. The molecule has 0 bridgehead atoms. The quantitative estimate of drug-likeness (QED) is 0.814. The first-order chi connectivity index (χ1) is 9.02. The van der Waals surface area contributed by atoms with Crippen LogP contribution >= 0.6 is 0 Å². The van der Waals surface area contributed by atoms with Crippen molar-refractivity contribution in [2.45, 2.75) is 6.18 Å². The maximum absolute atomic E-state index is 12.6. The lowest BCUT2D eigenvalue weighted by Gasteiger charge is -2.13. The van der Waals surface area contributed by atoms with Crippen LogP contribution in [-0.2, 0) is 16.0 Å². The largest absolute Gasteiger partial charge is 0.418 e. The molecule has 0 aliphatic rings. The van der Waals surface area contributed by atoms with E-state index in [2.05, 4.69) is 5.32 Å². The number of amides is 1. The Hall–Kier alpha value is -1.77. The van der Waals surface area contributed by atoms with E-state index in [1.165, 1.54) is 0 Å². The molecule has 0 spiro atoms. The summed E-state index contributed by atoms with van der Waals surface area (Å²) in [5.74, 6) is -1.16. The van der Waals surface area contributed by atoms with E-state index in [0.29, 0.717) is 0 Å². The first-order valence-electron chi connectivity index (χ1n) is 5.44. The summed E-state index contributed by atoms with van der Waals surface area (Å²) in [6.07, 6.45) is -3.68. The summed E-state index contributed by atoms with van der Waals surface area (Å²) in [4.78, 5) is 11.7. The Balaban J connectivity index is 2.90. The zero-order chi connectivity index (χ0) is 15.6. The number of carbonyl (C=O) groups excluding carboxylic acids is 1. The van der Waals surface area contributed by atoms with Gasteiger partial charge in [-0.05, 0) is 12.1 Å². The Morgan fingerprint density at radius 1 is 1.35 bits per heavy atom. The molecule has 0 aliphatic heterocycles. The molecule has 0 heterocycles. The summed E-state index contributed by atoms with van der Waals surface area (Å²) in [6, 6.07) is 2.97. The number of para-hydroxylation sites is 1. The number of benzene rings is 1. The van der Waals surface area contributed by atoms with Crippen LogP contribution in [0.5, 0.6) is 0 Å². The Kier molecular flexibility index (Phi) is 4.64.